The van der Waals surface area contributed by atoms with Gasteiger partial charge in [-0.2, -0.15) is 0 Å². The van der Waals surface area contributed by atoms with Crippen LogP contribution in [0.1, 0.15) is 34.6 Å². The minimum atomic E-state index is -0.234. The lowest BCUT2D eigenvalue weighted by molar-refractivity contribution is 0.131. The first-order chi connectivity index (χ1) is 17.3. The third-order valence-corrected chi connectivity index (χ3v) is 6.25. The molecule has 4 rings (SSSR count). The summed E-state index contributed by atoms with van der Waals surface area (Å²) < 4.78 is 19.8. The second-order valence-electron chi connectivity index (χ2n) is 9.90. The number of methoxy groups -OCH3 is 1. The SMILES string of the molecule is CCN(CC)CCOc1ccc(-n2c(-c3ccc(OC(C)(C)C)cc3)cc3cc(OC)ccc32)cc1. The van der Waals surface area contributed by atoms with E-state index in [4.69, 9.17) is 14.2 Å². The Morgan fingerprint density at radius 2 is 1.42 bits per heavy atom. The lowest BCUT2D eigenvalue weighted by Crippen LogP contribution is -2.27. The first-order valence-electron chi connectivity index (χ1n) is 12.8. The van der Waals surface area contributed by atoms with Crippen molar-refractivity contribution in [1.82, 2.24) is 9.47 Å². The highest BCUT2D eigenvalue weighted by molar-refractivity contribution is 5.90. The molecule has 0 atom stereocenters. The molecule has 1 aromatic heterocycles. The van der Waals surface area contributed by atoms with Crippen molar-refractivity contribution in [3.63, 3.8) is 0 Å². The summed E-state index contributed by atoms with van der Waals surface area (Å²) in [5.41, 5.74) is 4.19. The van der Waals surface area contributed by atoms with Crippen molar-refractivity contribution in [3.8, 4) is 34.2 Å². The van der Waals surface area contributed by atoms with E-state index in [0.29, 0.717) is 6.61 Å². The van der Waals surface area contributed by atoms with Crippen molar-refractivity contribution in [2.45, 2.75) is 40.2 Å². The maximum absolute atomic E-state index is 6.03. The van der Waals surface area contributed by atoms with E-state index in [9.17, 15) is 0 Å². The van der Waals surface area contributed by atoms with Gasteiger partial charge in [-0.15, -0.1) is 0 Å². The number of rotatable bonds is 10. The molecule has 0 aliphatic carbocycles. The smallest absolute Gasteiger partial charge is 0.120 e. The number of likely N-dealkylation sites (N-methyl/N-ethyl adjacent to an activating group) is 1. The molecule has 0 bridgehead atoms. The predicted octanol–water partition coefficient (Wildman–Crippen LogP) is 7.20. The molecule has 36 heavy (non-hydrogen) atoms. The number of hydrogen-bond donors (Lipinski definition) is 0. The molecule has 0 N–H and O–H groups in total. The largest absolute Gasteiger partial charge is 0.497 e. The van der Waals surface area contributed by atoms with Gasteiger partial charge in [-0.3, -0.25) is 0 Å². The predicted molar refractivity (Wildman–Crippen MR) is 149 cm³/mol. The maximum Gasteiger partial charge on any atom is 0.120 e. The Balaban J connectivity index is 1.67. The Kier molecular flexibility index (Phi) is 7.90. The van der Waals surface area contributed by atoms with Crippen LogP contribution < -0.4 is 14.2 Å². The molecule has 0 radical (unpaired) electrons. The van der Waals surface area contributed by atoms with Crippen molar-refractivity contribution in [1.29, 1.82) is 0 Å². The lowest BCUT2D eigenvalue weighted by Gasteiger charge is -2.21. The molecule has 0 saturated heterocycles. The second-order valence-corrected chi connectivity index (χ2v) is 9.90. The van der Waals surface area contributed by atoms with E-state index in [1.54, 1.807) is 7.11 Å². The van der Waals surface area contributed by atoms with Crippen molar-refractivity contribution < 1.29 is 14.2 Å². The summed E-state index contributed by atoms with van der Waals surface area (Å²) in [6.45, 7) is 14.2. The highest BCUT2D eigenvalue weighted by Gasteiger charge is 2.15. The molecule has 0 fully saturated rings. The van der Waals surface area contributed by atoms with Crippen molar-refractivity contribution >= 4 is 10.9 Å². The normalized spacial score (nSPS) is 11.8. The summed E-state index contributed by atoms with van der Waals surface area (Å²) >= 11 is 0. The Morgan fingerprint density at radius 3 is 2.03 bits per heavy atom. The van der Waals surface area contributed by atoms with E-state index in [2.05, 4.69) is 98.7 Å². The van der Waals surface area contributed by atoms with E-state index in [1.807, 2.05) is 18.2 Å². The Bertz CT molecular complexity index is 1260. The Morgan fingerprint density at radius 1 is 0.778 bits per heavy atom. The van der Waals surface area contributed by atoms with E-state index < -0.39 is 0 Å². The third kappa shape index (κ3) is 6.03. The third-order valence-electron chi connectivity index (χ3n) is 6.25. The highest BCUT2D eigenvalue weighted by atomic mass is 16.5. The summed E-state index contributed by atoms with van der Waals surface area (Å²) in [6, 6.07) is 25.1. The van der Waals surface area contributed by atoms with Crippen LogP contribution in [0.3, 0.4) is 0 Å². The molecule has 0 saturated carbocycles. The van der Waals surface area contributed by atoms with Gasteiger partial charge >= 0.3 is 0 Å². The minimum Gasteiger partial charge on any atom is -0.497 e. The standard InChI is InChI=1S/C31H38N2O3/c1-7-32(8-2)19-20-35-26-15-11-25(12-16-26)33-29-18-17-28(34-6)21-24(29)22-30(33)23-9-13-27(14-10-23)36-31(3,4)5/h9-18,21-22H,7-8,19-20H2,1-6H3. The first kappa shape index (κ1) is 25.6. The summed E-state index contributed by atoms with van der Waals surface area (Å²) in [5, 5.41) is 1.12. The molecule has 190 valence electrons. The zero-order valence-corrected chi connectivity index (χ0v) is 22.4. The maximum atomic E-state index is 6.03. The van der Waals surface area contributed by atoms with Crippen LogP contribution in [0, 0.1) is 0 Å². The molecule has 0 amide bonds. The van der Waals surface area contributed by atoms with Gasteiger partial charge in [-0.05, 0) is 112 Å². The quantitative estimate of drug-likeness (QED) is 0.237. The molecular weight excluding hydrogens is 448 g/mol. The van der Waals surface area contributed by atoms with Gasteiger partial charge < -0.3 is 23.7 Å². The number of ether oxygens (including phenoxy) is 3. The van der Waals surface area contributed by atoms with Gasteiger partial charge in [0, 0.05) is 17.6 Å². The fourth-order valence-corrected chi connectivity index (χ4v) is 4.38. The van der Waals surface area contributed by atoms with E-state index in [-0.39, 0.29) is 5.60 Å². The summed E-state index contributed by atoms with van der Waals surface area (Å²) in [7, 11) is 1.70. The number of benzene rings is 3. The molecule has 0 spiro atoms. The van der Waals surface area contributed by atoms with E-state index >= 15 is 0 Å². The van der Waals surface area contributed by atoms with Crippen LogP contribution in [0.5, 0.6) is 17.2 Å². The fourth-order valence-electron chi connectivity index (χ4n) is 4.38. The summed E-state index contributed by atoms with van der Waals surface area (Å²) in [4.78, 5) is 2.36. The second kappa shape index (κ2) is 11.1. The van der Waals surface area contributed by atoms with Gasteiger partial charge in [0.15, 0.2) is 0 Å². The van der Waals surface area contributed by atoms with Gasteiger partial charge in [-0.25, -0.2) is 0 Å². The number of aromatic nitrogens is 1. The topological polar surface area (TPSA) is 35.9 Å². The van der Waals surface area contributed by atoms with Crippen LogP contribution >= 0.6 is 0 Å². The van der Waals surface area contributed by atoms with Gasteiger partial charge in [0.25, 0.3) is 0 Å². The molecule has 3 aromatic carbocycles. The molecule has 0 aliphatic heterocycles. The van der Waals surface area contributed by atoms with Crippen LogP contribution in [0.2, 0.25) is 0 Å². The minimum absolute atomic E-state index is 0.234. The van der Waals surface area contributed by atoms with Gasteiger partial charge in [0.1, 0.15) is 29.5 Å². The summed E-state index contributed by atoms with van der Waals surface area (Å²) in [6.07, 6.45) is 0. The summed E-state index contributed by atoms with van der Waals surface area (Å²) in [5.74, 6) is 2.59. The van der Waals surface area contributed by atoms with Crippen LogP contribution in [0.4, 0.5) is 0 Å². The van der Waals surface area contributed by atoms with Crippen molar-refractivity contribution in [2.75, 3.05) is 33.4 Å². The van der Waals surface area contributed by atoms with Crippen LogP contribution in [0.25, 0.3) is 27.8 Å². The number of nitrogens with zero attached hydrogens (tertiary/aromatic N) is 2. The van der Waals surface area contributed by atoms with Crippen molar-refractivity contribution in [2.24, 2.45) is 0 Å². The Hall–Kier alpha value is -3.44. The lowest BCUT2D eigenvalue weighted by atomic mass is 10.1. The molecule has 5 nitrogen and oxygen atoms in total. The number of hydrogen-bond acceptors (Lipinski definition) is 4. The highest BCUT2D eigenvalue weighted by Crippen LogP contribution is 2.35. The average Bonchev–Trinajstić information content (AvgIpc) is 3.25. The monoisotopic (exact) mass is 486 g/mol. The van der Waals surface area contributed by atoms with Gasteiger partial charge in [-0.1, -0.05) is 13.8 Å². The molecular formula is C31H38N2O3. The molecule has 5 heteroatoms. The number of fused-ring (bicyclic) bond motifs is 1. The first-order valence-corrected chi connectivity index (χ1v) is 12.8. The molecule has 1 heterocycles. The zero-order valence-electron chi connectivity index (χ0n) is 22.4. The Labute approximate surface area is 215 Å². The van der Waals surface area contributed by atoms with Crippen LogP contribution in [-0.2, 0) is 0 Å². The van der Waals surface area contributed by atoms with E-state index in [0.717, 1.165) is 64.7 Å². The van der Waals surface area contributed by atoms with Gasteiger partial charge in [0.05, 0.1) is 18.3 Å². The van der Waals surface area contributed by atoms with Crippen LogP contribution in [-0.4, -0.2) is 48.4 Å². The molecule has 0 unspecified atom stereocenters. The van der Waals surface area contributed by atoms with E-state index in [1.165, 1.54) is 0 Å². The molecule has 0 aliphatic rings. The van der Waals surface area contributed by atoms with Crippen LogP contribution in [0.15, 0.2) is 72.8 Å². The fraction of sp³-hybridized carbons (Fsp3) is 0.355. The molecule has 4 aromatic rings. The average molecular weight is 487 g/mol. The van der Waals surface area contributed by atoms with Crippen molar-refractivity contribution in [3.05, 3.63) is 72.8 Å². The zero-order chi connectivity index (χ0) is 25.7. The van der Waals surface area contributed by atoms with Gasteiger partial charge in [0.2, 0.25) is 0 Å².